The van der Waals surface area contributed by atoms with Crippen LogP contribution < -0.4 is 4.74 Å². The predicted octanol–water partition coefficient (Wildman–Crippen LogP) is 2.09. The molecule has 0 atom stereocenters. The number of hydrogen-bond acceptors (Lipinski definition) is 5. The van der Waals surface area contributed by atoms with Crippen LogP contribution in [0.3, 0.4) is 0 Å². The summed E-state index contributed by atoms with van der Waals surface area (Å²) in [6.07, 6.45) is 0.182. The molecule has 0 bridgehead atoms. The number of methoxy groups -OCH3 is 1. The number of nitro benzene ring substituents is 1. The van der Waals surface area contributed by atoms with Crippen LogP contribution in [0.2, 0.25) is 0 Å². The monoisotopic (exact) mass is 279 g/mol. The van der Waals surface area contributed by atoms with Gasteiger partial charge in [0.2, 0.25) is 0 Å². The molecule has 0 N–H and O–H groups in total. The van der Waals surface area contributed by atoms with Crippen molar-refractivity contribution < 1.29 is 18.1 Å². The molecule has 0 saturated heterocycles. The number of halogens is 1. The molecule has 0 unspecified atom stereocenters. The van der Waals surface area contributed by atoms with Crippen molar-refractivity contribution in [1.29, 1.82) is 0 Å². The molecule has 1 aromatic rings. The topological polar surface area (TPSA) is 86.5 Å². The van der Waals surface area contributed by atoms with E-state index in [0.717, 1.165) is 0 Å². The lowest BCUT2D eigenvalue weighted by Crippen LogP contribution is -2.03. The molecule has 0 aliphatic heterocycles. The van der Waals surface area contributed by atoms with Gasteiger partial charge in [0.1, 0.15) is 5.75 Å². The Kier molecular flexibility index (Phi) is 3.94. The summed E-state index contributed by atoms with van der Waals surface area (Å²) in [4.78, 5) is 9.90. The van der Waals surface area contributed by atoms with Gasteiger partial charge in [-0.25, -0.2) is 8.42 Å². The van der Waals surface area contributed by atoms with Crippen molar-refractivity contribution in [3.63, 3.8) is 0 Å². The summed E-state index contributed by atoms with van der Waals surface area (Å²) in [5.74, 6) is 0.0770. The fraction of sp³-hybridized carbons (Fsp3) is 0.333. The molecule has 8 heteroatoms. The third kappa shape index (κ3) is 2.86. The lowest BCUT2D eigenvalue weighted by molar-refractivity contribution is -0.385. The second-order valence-corrected chi connectivity index (χ2v) is 5.71. The molecule has 0 spiro atoms. The molecule has 0 fully saturated rings. The Morgan fingerprint density at radius 2 is 2.06 bits per heavy atom. The zero-order chi connectivity index (χ0) is 13.2. The van der Waals surface area contributed by atoms with Crippen LogP contribution in [0, 0.1) is 10.1 Å². The highest BCUT2D eigenvalue weighted by atomic mass is 35.7. The standard InChI is InChI=1S/C9H10ClNO5S/c1-3-7-8(11(12)13)4-6(16-2)5-9(7)17(10,14)15/h4-5H,3H2,1-2H3. The summed E-state index contributed by atoms with van der Waals surface area (Å²) < 4.78 is 27.5. The lowest BCUT2D eigenvalue weighted by Gasteiger charge is -2.08. The van der Waals surface area contributed by atoms with E-state index in [0.29, 0.717) is 0 Å². The first-order valence-corrected chi connectivity index (χ1v) is 6.92. The second kappa shape index (κ2) is 4.89. The van der Waals surface area contributed by atoms with Crippen molar-refractivity contribution in [2.24, 2.45) is 0 Å². The van der Waals surface area contributed by atoms with E-state index in [9.17, 15) is 18.5 Å². The highest BCUT2D eigenvalue weighted by molar-refractivity contribution is 8.13. The Morgan fingerprint density at radius 1 is 1.47 bits per heavy atom. The number of nitrogens with zero attached hydrogens (tertiary/aromatic N) is 1. The van der Waals surface area contributed by atoms with Gasteiger partial charge in [-0.2, -0.15) is 0 Å². The first kappa shape index (κ1) is 13.7. The van der Waals surface area contributed by atoms with Gasteiger partial charge in [0, 0.05) is 22.3 Å². The minimum absolute atomic E-state index is 0.0748. The lowest BCUT2D eigenvalue weighted by atomic mass is 10.1. The minimum Gasteiger partial charge on any atom is -0.496 e. The van der Waals surface area contributed by atoms with Crippen LogP contribution in [0.5, 0.6) is 5.75 Å². The number of nitro groups is 1. The molecule has 1 rings (SSSR count). The third-order valence-corrected chi connectivity index (χ3v) is 3.60. The van der Waals surface area contributed by atoms with E-state index < -0.39 is 14.0 Å². The molecule has 0 amide bonds. The first-order valence-electron chi connectivity index (χ1n) is 4.61. The van der Waals surface area contributed by atoms with E-state index in [1.165, 1.54) is 19.2 Å². The fourth-order valence-corrected chi connectivity index (χ4v) is 2.67. The maximum absolute atomic E-state index is 11.3. The van der Waals surface area contributed by atoms with E-state index >= 15 is 0 Å². The average Bonchev–Trinajstić information content (AvgIpc) is 2.25. The highest BCUT2D eigenvalue weighted by Crippen LogP contribution is 2.33. The number of ether oxygens (including phenoxy) is 1. The molecule has 1 aromatic carbocycles. The minimum atomic E-state index is -4.05. The molecule has 0 saturated carbocycles. The van der Waals surface area contributed by atoms with Gasteiger partial charge in [-0.15, -0.1) is 0 Å². The first-order chi connectivity index (χ1) is 7.81. The Bertz CT molecular complexity index is 555. The Labute approximate surface area is 103 Å². The van der Waals surface area contributed by atoms with Crippen LogP contribution in [-0.2, 0) is 15.5 Å². The quantitative estimate of drug-likeness (QED) is 0.478. The number of rotatable bonds is 4. The van der Waals surface area contributed by atoms with Crippen molar-refractivity contribution in [3.05, 3.63) is 27.8 Å². The molecule has 0 radical (unpaired) electrons. The van der Waals surface area contributed by atoms with E-state index in [1.807, 2.05) is 0 Å². The van der Waals surface area contributed by atoms with Crippen molar-refractivity contribution in [2.45, 2.75) is 18.2 Å². The van der Waals surface area contributed by atoms with Gasteiger partial charge in [0.25, 0.3) is 14.7 Å². The summed E-state index contributed by atoms with van der Waals surface area (Å²) in [6, 6.07) is 2.35. The van der Waals surface area contributed by atoms with E-state index in [2.05, 4.69) is 0 Å². The maximum atomic E-state index is 11.3. The largest absolute Gasteiger partial charge is 0.496 e. The van der Waals surface area contributed by atoms with Crippen LogP contribution in [0.1, 0.15) is 12.5 Å². The second-order valence-electron chi connectivity index (χ2n) is 3.17. The smallest absolute Gasteiger partial charge is 0.277 e. The van der Waals surface area contributed by atoms with Crippen LogP contribution in [0.4, 0.5) is 5.69 Å². The van der Waals surface area contributed by atoms with Gasteiger partial charge >= 0.3 is 0 Å². The van der Waals surface area contributed by atoms with E-state index in [4.69, 9.17) is 15.4 Å². The van der Waals surface area contributed by atoms with Crippen LogP contribution in [0.25, 0.3) is 0 Å². The van der Waals surface area contributed by atoms with Gasteiger partial charge in [-0.05, 0) is 6.42 Å². The summed E-state index contributed by atoms with van der Waals surface area (Å²) in [5.41, 5.74) is -0.239. The van der Waals surface area contributed by atoms with Crippen molar-refractivity contribution in [2.75, 3.05) is 7.11 Å². The van der Waals surface area contributed by atoms with Crippen LogP contribution in [0.15, 0.2) is 17.0 Å². The molecule has 6 nitrogen and oxygen atoms in total. The third-order valence-electron chi connectivity index (χ3n) is 2.21. The Morgan fingerprint density at radius 3 is 2.41 bits per heavy atom. The van der Waals surface area contributed by atoms with Gasteiger partial charge in [-0.3, -0.25) is 10.1 Å². The Balaban J connectivity index is 3.69. The number of hydrogen-bond donors (Lipinski definition) is 0. The van der Waals surface area contributed by atoms with E-state index in [-0.39, 0.29) is 28.3 Å². The van der Waals surface area contributed by atoms with Gasteiger partial charge in [0.05, 0.1) is 23.0 Å². The molecule has 17 heavy (non-hydrogen) atoms. The zero-order valence-corrected chi connectivity index (χ0v) is 10.7. The van der Waals surface area contributed by atoms with Crippen LogP contribution >= 0.6 is 10.7 Å². The van der Waals surface area contributed by atoms with Crippen molar-refractivity contribution >= 4 is 25.4 Å². The summed E-state index contributed by atoms with van der Waals surface area (Å²) in [6.45, 7) is 1.61. The van der Waals surface area contributed by atoms with E-state index in [1.54, 1.807) is 6.92 Å². The SMILES string of the molecule is CCc1c([N+](=O)[O-])cc(OC)cc1S(=O)(=O)Cl. The van der Waals surface area contributed by atoms with Gasteiger partial charge in [-0.1, -0.05) is 6.92 Å². The number of benzene rings is 1. The Hall–Kier alpha value is -1.34. The van der Waals surface area contributed by atoms with Gasteiger partial charge < -0.3 is 4.74 Å². The highest BCUT2D eigenvalue weighted by Gasteiger charge is 2.25. The molecule has 0 heterocycles. The average molecular weight is 280 g/mol. The molecule has 0 aromatic heterocycles. The van der Waals surface area contributed by atoms with Crippen molar-refractivity contribution in [1.82, 2.24) is 0 Å². The molecule has 94 valence electrons. The summed E-state index contributed by atoms with van der Waals surface area (Å²) >= 11 is 0. The summed E-state index contributed by atoms with van der Waals surface area (Å²) in [5, 5.41) is 10.8. The fourth-order valence-electron chi connectivity index (χ4n) is 1.46. The maximum Gasteiger partial charge on any atom is 0.277 e. The zero-order valence-electron chi connectivity index (χ0n) is 9.14. The van der Waals surface area contributed by atoms with Crippen LogP contribution in [-0.4, -0.2) is 20.5 Å². The van der Waals surface area contributed by atoms with Gasteiger partial charge in [0.15, 0.2) is 0 Å². The van der Waals surface area contributed by atoms with Crippen molar-refractivity contribution in [3.8, 4) is 5.75 Å². The normalized spacial score (nSPS) is 11.2. The predicted molar refractivity (Wildman–Crippen MR) is 62.1 cm³/mol. The molecule has 0 aliphatic rings. The molecular weight excluding hydrogens is 270 g/mol. The summed E-state index contributed by atoms with van der Waals surface area (Å²) in [7, 11) is 2.48. The molecule has 0 aliphatic carbocycles. The molecular formula is C9H10ClNO5S.